The Morgan fingerprint density at radius 2 is 2.12 bits per heavy atom. The zero-order valence-corrected chi connectivity index (χ0v) is 8.87. The summed E-state index contributed by atoms with van der Waals surface area (Å²) in [6.45, 7) is 1.81. The molecule has 0 radical (unpaired) electrons. The molecule has 0 bridgehead atoms. The van der Waals surface area contributed by atoms with Gasteiger partial charge in [-0.1, -0.05) is 24.3 Å². The highest BCUT2D eigenvalue weighted by Gasteiger charge is 2.27. The zero-order chi connectivity index (χ0) is 11.3. The van der Waals surface area contributed by atoms with Crippen LogP contribution in [-0.4, -0.2) is 16.1 Å². The van der Waals surface area contributed by atoms with Gasteiger partial charge in [0.25, 0.3) is 0 Å². The maximum absolute atomic E-state index is 11.2. The van der Waals surface area contributed by atoms with Gasteiger partial charge in [0.15, 0.2) is 0 Å². The number of nitrogens with one attached hydrogen (secondary N) is 1. The summed E-state index contributed by atoms with van der Waals surface area (Å²) >= 11 is 0. The van der Waals surface area contributed by atoms with Gasteiger partial charge >= 0.3 is 5.97 Å². The van der Waals surface area contributed by atoms with E-state index in [4.69, 9.17) is 0 Å². The van der Waals surface area contributed by atoms with E-state index < -0.39 is 5.97 Å². The SMILES string of the molecule is Cc1[nH]c2c(c1C(=O)O)Cc1ccccc1-2. The first-order valence-corrected chi connectivity index (χ1v) is 5.21. The highest BCUT2D eigenvalue weighted by molar-refractivity contribution is 5.95. The molecule has 3 heteroatoms. The first kappa shape index (κ1) is 9.21. The van der Waals surface area contributed by atoms with Gasteiger partial charge in [0.05, 0.1) is 11.3 Å². The molecule has 2 N–H and O–H groups in total. The normalized spacial score (nSPS) is 12.3. The number of carbonyl (C=O) groups is 1. The average Bonchev–Trinajstić information content (AvgIpc) is 2.71. The number of hydrogen-bond acceptors (Lipinski definition) is 1. The number of fused-ring (bicyclic) bond motifs is 3. The second-order valence-corrected chi connectivity index (χ2v) is 4.12. The molecular weight excluding hydrogens is 202 g/mol. The maximum Gasteiger partial charge on any atom is 0.337 e. The number of aryl methyl sites for hydroxylation is 1. The van der Waals surface area contributed by atoms with E-state index in [1.807, 2.05) is 31.2 Å². The minimum absolute atomic E-state index is 0.436. The van der Waals surface area contributed by atoms with Crippen LogP contribution in [0.25, 0.3) is 11.3 Å². The van der Waals surface area contributed by atoms with E-state index in [1.54, 1.807) is 0 Å². The Bertz CT molecular complexity index is 596. The van der Waals surface area contributed by atoms with Crippen molar-refractivity contribution in [1.29, 1.82) is 0 Å². The molecule has 0 unspecified atom stereocenters. The lowest BCUT2D eigenvalue weighted by molar-refractivity contribution is 0.0695. The smallest absolute Gasteiger partial charge is 0.337 e. The van der Waals surface area contributed by atoms with Gasteiger partial charge in [-0.3, -0.25) is 0 Å². The van der Waals surface area contributed by atoms with Crippen molar-refractivity contribution in [2.75, 3.05) is 0 Å². The number of rotatable bonds is 1. The van der Waals surface area contributed by atoms with Gasteiger partial charge in [-0.2, -0.15) is 0 Å². The van der Waals surface area contributed by atoms with Crippen molar-refractivity contribution in [1.82, 2.24) is 4.98 Å². The minimum Gasteiger partial charge on any atom is -0.478 e. The number of H-pyrrole nitrogens is 1. The van der Waals surface area contributed by atoms with Crippen molar-refractivity contribution in [2.45, 2.75) is 13.3 Å². The molecule has 16 heavy (non-hydrogen) atoms. The van der Waals surface area contributed by atoms with Crippen LogP contribution in [-0.2, 0) is 6.42 Å². The van der Waals surface area contributed by atoms with Gasteiger partial charge < -0.3 is 10.1 Å². The van der Waals surface area contributed by atoms with Crippen LogP contribution in [0.15, 0.2) is 24.3 Å². The molecule has 80 valence electrons. The van der Waals surface area contributed by atoms with Crippen molar-refractivity contribution in [3.8, 4) is 11.3 Å². The molecule has 0 fully saturated rings. The van der Waals surface area contributed by atoms with Crippen molar-refractivity contribution >= 4 is 5.97 Å². The fourth-order valence-electron chi connectivity index (χ4n) is 2.48. The second kappa shape index (κ2) is 2.98. The highest BCUT2D eigenvalue weighted by Crippen LogP contribution is 2.38. The molecule has 0 atom stereocenters. The Balaban J connectivity index is 2.28. The lowest BCUT2D eigenvalue weighted by atomic mass is 10.1. The third-order valence-corrected chi connectivity index (χ3v) is 3.16. The number of hydrogen-bond donors (Lipinski definition) is 2. The molecule has 0 spiro atoms. The molecule has 1 aromatic heterocycles. The summed E-state index contributed by atoms with van der Waals surface area (Å²) in [5, 5.41) is 9.18. The second-order valence-electron chi connectivity index (χ2n) is 4.12. The zero-order valence-electron chi connectivity index (χ0n) is 8.87. The summed E-state index contributed by atoms with van der Waals surface area (Å²) in [6, 6.07) is 8.04. The van der Waals surface area contributed by atoms with Crippen LogP contribution >= 0.6 is 0 Å². The molecule has 1 heterocycles. The lowest BCUT2D eigenvalue weighted by Crippen LogP contribution is -2.00. The van der Waals surface area contributed by atoms with E-state index in [0.29, 0.717) is 5.56 Å². The largest absolute Gasteiger partial charge is 0.478 e. The Hall–Kier alpha value is -2.03. The quantitative estimate of drug-likeness (QED) is 0.652. The molecule has 1 aromatic carbocycles. The topological polar surface area (TPSA) is 53.1 Å². The number of carboxylic acids is 1. The number of benzene rings is 1. The summed E-state index contributed by atoms with van der Waals surface area (Å²) in [6.07, 6.45) is 0.720. The Labute approximate surface area is 92.7 Å². The third-order valence-electron chi connectivity index (χ3n) is 3.16. The van der Waals surface area contributed by atoms with Gasteiger partial charge in [0, 0.05) is 17.7 Å². The lowest BCUT2D eigenvalue weighted by Gasteiger charge is -1.99. The summed E-state index contributed by atoms with van der Waals surface area (Å²) < 4.78 is 0. The van der Waals surface area contributed by atoms with E-state index >= 15 is 0 Å². The van der Waals surface area contributed by atoms with E-state index in [-0.39, 0.29) is 0 Å². The van der Waals surface area contributed by atoms with Crippen LogP contribution in [0.3, 0.4) is 0 Å². The number of aromatic nitrogens is 1. The average molecular weight is 213 g/mol. The van der Waals surface area contributed by atoms with Gasteiger partial charge in [0.1, 0.15) is 0 Å². The molecule has 0 amide bonds. The minimum atomic E-state index is -0.845. The molecule has 2 aromatic rings. The molecular formula is C13H11NO2. The fraction of sp³-hybridized carbons (Fsp3) is 0.154. The fourth-order valence-corrected chi connectivity index (χ4v) is 2.48. The number of aromatic amines is 1. The van der Waals surface area contributed by atoms with Crippen molar-refractivity contribution < 1.29 is 9.90 Å². The Kier molecular flexibility index (Phi) is 1.72. The predicted molar refractivity (Wildman–Crippen MR) is 60.7 cm³/mol. The van der Waals surface area contributed by atoms with Crippen molar-refractivity contribution in [3.05, 3.63) is 46.6 Å². The number of aromatic carboxylic acids is 1. The van der Waals surface area contributed by atoms with E-state index in [9.17, 15) is 9.90 Å². The van der Waals surface area contributed by atoms with Gasteiger partial charge in [-0.15, -0.1) is 0 Å². The standard InChI is InChI=1S/C13H11NO2/c1-7-11(13(15)16)10-6-8-4-2-3-5-9(8)12(10)14-7/h2-5,14H,6H2,1H3,(H,15,16). The summed E-state index contributed by atoms with van der Waals surface area (Å²) in [5.41, 5.74) is 5.41. The Morgan fingerprint density at radius 1 is 1.38 bits per heavy atom. The summed E-state index contributed by atoms with van der Waals surface area (Å²) in [7, 11) is 0. The summed E-state index contributed by atoms with van der Waals surface area (Å²) in [4.78, 5) is 14.4. The van der Waals surface area contributed by atoms with Crippen LogP contribution in [0.1, 0.15) is 27.2 Å². The van der Waals surface area contributed by atoms with Crippen LogP contribution < -0.4 is 0 Å². The first-order valence-electron chi connectivity index (χ1n) is 5.21. The maximum atomic E-state index is 11.2. The Morgan fingerprint density at radius 3 is 2.88 bits per heavy atom. The third kappa shape index (κ3) is 1.05. The number of carboxylic acid groups (broad SMARTS) is 1. The van der Waals surface area contributed by atoms with Crippen LogP contribution in [0.4, 0.5) is 0 Å². The highest BCUT2D eigenvalue weighted by atomic mass is 16.4. The van der Waals surface area contributed by atoms with Crippen molar-refractivity contribution in [3.63, 3.8) is 0 Å². The van der Waals surface area contributed by atoms with Crippen molar-refractivity contribution in [2.24, 2.45) is 0 Å². The van der Waals surface area contributed by atoms with Crippen LogP contribution in [0.5, 0.6) is 0 Å². The van der Waals surface area contributed by atoms with Gasteiger partial charge in [0.2, 0.25) is 0 Å². The predicted octanol–water partition coefficient (Wildman–Crippen LogP) is 2.59. The molecule has 1 aliphatic rings. The van der Waals surface area contributed by atoms with E-state index in [0.717, 1.165) is 28.9 Å². The van der Waals surface area contributed by atoms with Gasteiger partial charge in [-0.25, -0.2) is 4.79 Å². The van der Waals surface area contributed by atoms with Gasteiger partial charge in [-0.05, 0) is 18.1 Å². The molecule has 3 nitrogen and oxygen atoms in total. The van der Waals surface area contributed by atoms with Crippen LogP contribution in [0.2, 0.25) is 0 Å². The monoisotopic (exact) mass is 213 g/mol. The van der Waals surface area contributed by atoms with E-state index in [1.165, 1.54) is 5.56 Å². The molecule has 0 aliphatic heterocycles. The van der Waals surface area contributed by atoms with E-state index in [2.05, 4.69) is 4.98 Å². The summed E-state index contributed by atoms with van der Waals surface area (Å²) in [5.74, 6) is -0.845. The molecule has 1 aliphatic carbocycles. The first-order chi connectivity index (χ1) is 7.68. The molecule has 0 saturated heterocycles. The van der Waals surface area contributed by atoms with Crippen LogP contribution in [0, 0.1) is 6.92 Å². The molecule has 0 saturated carbocycles. The molecule has 3 rings (SSSR count).